The Morgan fingerprint density at radius 1 is 1.30 bits per heavy atom. The third-order valence-corrected chi connectivity index (χ3v) is 5.63. The third kappa shape index (κ3) is 9.14. The summed E-state index contributed by atoms with van der Waals surface area (Å²) in [4.78, 5) is 17.9. The van der Waals surface area contributed by atoms with E-state index in [0.29, 0.717) is 12.5 Å². The molecule has 0 radical (unpaired) electrons. The Labute approximate surface area is 184 Å². The van der Waals surface area contributed by atoms with Gasteiger partial charge >= 0.3 is 5.97 Å². The lowest BCUT2D eigenvalue weighted by atomic mass is 10.1. The molecule has 1 fully saturated rings. The second kappa shape index (κ2) is 14.0. The van der Waals surface area contributed by atoms with Crippen LogP contribution in [0.15, 0.2) is 22.5 Å². The maximum Gasteiger partial charge on any atom is 0.305 e. The average molecular weight is 508 g/mol. The normalized spacial score (nSPS) is 15.2. The number of esters is 1. The molecule has 1 aromatic rings. The van der Waals surface area contributed by atoms with Gasteiger partial charge in [0.15, 0.2) is 5.96 Å². The molecule has 0 aromatic carbocycles. The molecule has 1 aromatic heterocycles. The molecule has 2 heterocycles. The van der Waals surface area contributed by atoms with Crippen LogP contribution in [0.25, 0.3) is 0 Å². The molecule has 2 N–H and O–H groups in total. The minimum absolute atomic E-state index is 0. The zero-order chi connectivity index (χ0) is 18.6. The lowest BCUT2D eigenvalue weighted by Crippen LogP contribution is -2.48. The van der Waals surface area contributed by atoms with Gasteiger partial charge in [0.05, 0.1) is 12.1 Å². The molecule has 0 bridgehead atoms. The summed E-state index contributed by atoms with van der Waals surface area (Å²) in [5.74, 6) is 0.784. The van der Waals surface area contributed by atoms with Crippen molar-refractivity contribution in [3.63, 3.8) is 0 Å². The molecular formula is C19H33IN4O2S. The maximum absolute atomic E-state index is 11.0. The highest BCUT2D eigenvalue weighted by molar-refractivity contribution is 14.0. The van der Waals surface area contributed by atoms with Crippen molar-refractivity contribution >= 4 is 52.2 Å². The second-order valence-electron chi connectivity index (χ2n) is 6.60. The van der Waals surface area contributed by atoms with Crippen LogP contribution in [0.5, 0.6) is 0 Å². The Kier molecular flexibility index (Phi) is 12.5. The van der Waals surface area contributed by atoms with Crippen molar-refractivity contribution in [2.75, 3.05) is 38.7 Å². The quantitative estimate of drug-likeness (QED) is 0.175. The molecule has 1 aliphatic rings. The molecule has 8 heteroatoms. The summed E-state index contributed by atoms with van der Waals surface area (Å²) in [6.07, 6.45) is 6.95. The van der Waals surface area contributed by atoms with Gasteiger partial charge in [-0.15, -0.1) is 35.3 Å². The maximum atomic E-state index is 11.0. The first-order valence-electron chi connectivity index (χ1n) is 9.55. The van der Waals surface area contributed by atoms with Gasteiger partial charge in [0.2, 0.25) is 0 Å². The molecule has 6 nitrogen and oxygen atoms in total. The predicted molar refractivity (Wildman–Crippen MR) is 125 cm³/mol. The molecule has 0 amide bonds. The number of guanidine groups is 1. The number of anilines is 1. The number of methoxy groups -OCH3 is 1. The topological polar surface area (TPSA) is 66.0 Å². The predicted octanol–water partition coefficient (Wildman–Crippen LogP) is 3.62. The fourth-order valence-corrected chi connectivity index (χ4v) is 3.92. The molecule has 0 aliphatic carbocycles. The number of carbonyl (C=O) groups is 1. The minimum Gasteiger partial charge on any atom is -0.469 e. The van der Waals surface area contributed by atoms with Crippen molar-refractivity contribution in [3.8, 4) is 0 Å². The zero-order valence-corrected chi connectivity index (χ0v) is 19.6. The number of nitrogens with one attached hydrogen (secondary N) is 2. The SMILES string of the molecule is CN=C(NCCCCCCC(=O)OC)NC1CCN(c2cccs2)CC1.I. The van der Waals surface area contributed by atoms with Crippen molar-refractivity contribution in [2.24, 2.45) is 4.99 Å². The van der Waals surface area contributed by atoms with Crippen LogP contribution in [0.1, 0.15) is 44.9 Å². The Balaban J connectivity index is 0.00000364. The number of halogens is 1. The summed E-state index contributed by atoms with van der Waals surface area (Å²) < 4.78 is 4.65. The molecular weight excluding hydrogens is 475 g/mol. The monoisotopic (exact) mass is 508 g/mol. The number of thiophene rings is 1. The van der Waals surface area contributed by atoms with E-state index in [9.17, 15) is 4.79 Å². The average Bonchev–Trinajstić information content (AvgIpc) is 3.21. The zero-order valence-electron chi connectivity index (χ0n) is 16.4. The Morgan fingerprint density at radius 2 is 2.04 bits per heavy atom. The summed E-state index contributed by atoms with van der Waals surface area (Å²) in [5.41, 5.74) is 0. The van der Waals surface area contributed by atoms with Crippen molar-refractivity contribution in [1.29, 1.82) is 0 Å². The van der Waals surface area contributed by atoms with E-state index in [2.05, 4.69) is 42.8 Å². The minimum atomic E-state index is -0.113. The van der Waals surface area contributed by atoms with Gasteiger partial charge in [0, 0.05) is 39.1 Å². The van der Waals surface area contributed by atoms with Crippen LogP contribution in [0.4, 0.5) is 5.00 Å². The van der Waals surface area contributed by atoms with Gasteiger partial charge in [-0.2, -0.15) is 0 Å². The van der Waals surface area contributed by atoms with Gasteiger partial charge in [-0.3, -0.25) is 9.79 Å². The van der Waals surface area contributed by atoms with Gasteiger partial charge in [-0.05, 0) is 43.2 Å². The summed E-state index contributed by atoms with van der Waals surface area (Å²) in [5, 5.41) is 10.5. The second-order valence-corrected chi connectivity index (χ2v) is 7.52. The third-order valence-electron chi connectivity index (χ3n) is 4.71. The fourth-order valence-electron chi connectivity index (χ4n) is 3.14. The van der Waals surface area contributed by atoms with Crippen LogP contribution in [0, 0.1) is 0 Å². The molecule has 0 atom stereocenters. The summed E-state index contributed by atoms with van der Waals surface area (Å²) >= 11 is 1.81. The van der Waals surface area contributed by atoms with Gasteiger partial charge in [0.25, 0.3) is 0 Å². The van der Waals surface area contributed by atoms with Crippen LogP contribution in [-0.4, -0.2) is 51.8 Å². The first kappa shape index (κ1) is 24.0. The van der Waals surface area contributed by atoms with Crippen molar-refractivity contribution in [2.45, 2.75) is 51.0 Å². The lowest BCUT2D eigenvalue weighted by molar-refractivity contribution is -0.140. The fraction of sp³-hybridized carbons (Fsp3) is 0.684. The number of nitrogens with zero attached hydrogens (tertiary/aromatic N) is 2. The number of rotatable bonds is 9. The van der Waals surface area contributed by atoms with Crippen molar-refractivity contribution in [1.82, 2.24) is 10.6 Å². The highest BCUT2D eigenvalue weighted by atomic mass is 127. The number of piperidine rings is 1. The highest BCUT2D eigenvalue weighted by Crippen LogP contribution is 2.24. The molecule has 27 heavy (non-hydrogen) atoms. The van der Waals surface area contributed by atoms with E-state index >= 15 is 0 Å². The van der Waals surface area contributed by atoms with E-state index in [1.165, 1.54) is 12.1 Å². The van der Waals surface area contributed by atoms with E-state index in [1.54, 1.807) is 0 Å². The van der Waals surface area contributed by atoms with Crippen LogP contribution in [0.2, 0.25) is 0 Å². The Hall–Kier alpha value is -1.03. The molecule has 1 aliphatic heterocycles. The molecule has 0 spiro atoms. The first-order valence-corrected chi connectivity index (χ1v) is 10.4. The number of hydrogen-bond donors (Lipinski definition) is 2. The summed E-state index contributed by atoms with van der Waals surface area (Å²) in [6.45, 7) is 3.09. The van der Waals surface area contributed by atoms with E-state index in [4.69, 9.17) is 0 Å². The molecule has 2 rings (SSSR count). The standard InChI is InChI=1S/C19H32N4O2S.HI/c1-20-19(21-12-6-4-3-5-9-18(24)25-2)22-16-10-13-23(14-11-16)17-8-7-15-26-17;/h7-8,15-16H,3-6,9-14H2,1-2H3,(H2,20,21,22);1H. The van der Waals surface area contributed by atoms with Crippen molar-refractivity contribution in [3.05, 3.63) is 17.5 Å². The largest absolute Gasteiger partial charge is 0.469 e. The van der Waals surface area contributed by atoms with Crippen LogP contribution in [-0.2, 0) is 9.53 Å². The van der Waals surface area contributed by atoms with Gasteiger partial charge < -0.3 is 20.3 Å². The molecule has 0 unspecified atom stereocenters. The van der Waals surface area contributed by atoms with Crippen molar-refractivity contribution < 1.29 is 9.53 Å². The van der Waals surface area contributed by atoms with Gasteiger partial charge in [0.1, 0.15) is 0 Å². The Bertz CT molecular complexity index is 546. The molecule has 154 valence electrons. The number of carbonyl (C=O) groups excluding carboxylic acids is 1. The van der Waals surface area contributed by atoms with Crippen LogP contribution in [0.3, 0.4) is 0 Å². The van der Waals surface area contributed by atoms with E-state index in [0.717, 1.165) is 64.1 Å². The number of aliphatic imine (C=N–C) groups is 1. The van der Waals surface area contributed by atoms with E-state index in [1.807, 2.05) is 18.4 Å². The summed E-state index contributed by atoms with van der Waals surface area (Å²) in [7, 11) is 3.27. The van der Waals surface area contributed by atoms with E-state index < -0.39 is 0 Å². The summed E-state index contributed by atoms with van der Waals surface area (Å²) in [6, 6.07) is 4.80. The van der Waals surface area contributed by atoms with E-state index in [-0.39, 0.29) is 29.9 Å². The Morgan fingerprint density at radius 3 is 2.67 bits per heavy atom. The smallest absolute Gasteiger partial charge is 0.305 e. The number of unbranched alkanes of at least 4 members (excludes halogenated alkanes) is 3. The van der Waals surface area contributed by atoms with Crippen LogP contribution < -0.4 is 15.5 Å². The van der Waals surface area contributed by atoms with Gasteiger partial charge in [-0.25, -0.2) is 0 Å². The highest BCUT2D eigenvalue weighted by Gasteiger charge is 2.20. The van der Waals surface area contributed by atoms with Gasteiger partial charge in [-0.1, -0.05) is 12.8 Å². The number of hydrogen-bond acceptors (Lipinski definition) is 5. The molecule has 0 saturated carbocycles. The molecule has 1 saturated heterocycles. The van der Waals surface area contributed by atoms with Crippen LogP contribution >= 0.6 is 35.3 Å². The number of ether oxygens (including phenoxy) is 1. The first-order chi connectivity index (χ1) is 12.7. The lowest BCUT2D eigenvalue weighted by Gasteiger charge is -2.33.